The van der Waals surface area contributed by atoms with Crippen molar-refractivity contribution in [3.63, 3.8) is 0 Å². The second-order valence-electron chi connectivity index (χ2n) is 9.25. The Labute approximate surface area is 247 Å². The Bertz CT molecular complexity index is 1290. The van der Waals surface area contributed by atoms with Crippen LogP contribution >= 0.6 is 22.6 Å². The Morgan fingerprint density at radius 1 is 0.950 bits per heavy atom. The molecule has 4 rings (SSSR count). The van der Waals surface area contributed by atoms with Gasteiger partial charge < -0.3 is 24.8 Å². The van der Waals surface area contributed by atoms with Crippen molar-refractivity contribution >= 4 is 46.1 Å². The zero-order chi connectivity index (χ0) is 28.5. The molecule has 10 heteroatoms. The van der Waals surface area contributed by atoms with Crippen molar-refractivity contribution in [3.05, 3.63) is 93.6 Å². The molecular formula is C30H32IN3O6. The highest BCUT2D eigenvalue weighted by atomic mass is 127. The molecule has 0 bridgehead atoms. The average Bonchev–Trinajstić information content (AvgIpc) is 3.26. The van der Waals surface area contributed by atoms with Crippen molar-refractivity contribution in [3.8, 4) is 5.75 Å². The summed E-state index contributed by atoms with van der Waals surface area (Å²) in [5.74, 6) is -0.783. The lowest BCUT2D eigenvalue weighted by Gasteiger charge is -2.30. The van der Waals surface area contributed by atoms with Crippen LogP contribution in [0.15, 0.2) is 78.9 Å². The number of anilines is 1. The minimum atomic E-state index is -1.07. The number of amides is 4. The lowest BCUT2D eigenvalue weighted by atomic mass is 9.91. The molecule has 1 fully saturated rings. The van der Waals surface area contributed by atoms with E-state index in [1.165, 1.54) is 0 Å². The van der Waals surface area contributed by atoms with Crippen molar-refractivity contribution in [1.82, 2.24) is 10.2 Å². The van der Waals surface area contributed by atoms with Gasteiger partial charge in [0.2, 0.25) is 5.91 Å². The van der Waals surface area contributed by atoms with Gasteiger partial charge in [0.1, 0.15) is 24.4 Å². The van der Waals surface area contributed by atoms with E-state index in [0.717, 1.165) is 14.0 Å². The summed E-state index contributed by atoms with van der Waals surface area (Å²) >= 11 is 2.18. The fourth-order valence-corrected chi connectivity index (χ4v) is 4.82. The predicted molar refractivity (Wildman–Crippen MR) is 159 cm³/mol. The Morgan fingerprint density at radius 2 is 1.62 bits per heavy atom. The minimum absolute atomic E-state index is 0.366. The third kappa shape index (κ3) is 7.38. The molecule has 0 spiro atoms. The van der Waals surface area contributed by atoms with Crippen molar-refractivity contribution < 1.29 is 28.6 Å². The first-order valence-electron chi connectivity index (χ1n) is 12.9. The Balaban J connectivity index is 1.50. The molecule has 0 aromatic heterocycles. The first kappa shape index (κ1) is 29.5. The zero-order valence-electron chi connectivity index (χ0n) is 22.3. The van der Waals surface area contributed by atoms with Gasteiger partial charge in [-0.05, 0) is 70.1 Å². The number of methoxy groups -OCH3 is 1. The van der Waals surface area contributed by atoms with Crippen molar-refractivity contribution in [2.75, 3.05) is 38.9 Å². The second-order valence-corrected chi connectivity index (χ2v) is 10.5. The van der Waals surface area contributed by atoms with E-state index in [0.29, 0.717) is 43.4 Å². The number of hydrogen-bond acceptors (Lipinski definition) is 6. The molecule has 1 heterocycles. The van der Waals surface area contributed by atoms with Crippen LogP contribution in [0.4, 0.5) is 10.5 Å². The number of urea groups is 1. The second kappa shape index (κ2) is 14.2. The van der Waals surface area contributed by atoms with Gasteiger partial charge in [0.15, 0.2) is 0 Å². The molecule has 210 valence electrons. The maximum absolute atomic E-state index is 13.7. The van der Waals surface area contributed by atoms with Crippen LogP contribution in [-0.2, 0) is 19.1 Å². The van der Waals surface area contributed by atoms with Crippen molar-refractivity contribution in [1.29, 1.82) is 0 Å². The van der Waals surface area contributed by atoms with Gasteiger partial charge in [0, 0.05) is 22.3 Å². The van der Waals surface area contributed by atoms with E-state index in [-0.39, 0.29) is 0 Å². The van der Waals surface area contributed by atoms with E-state index in [1.54, 1.807) is 43.5 Å². The van der Waals surface area contributed by atoms with E-state index in [4.69, 9.17) is 14.2 Å². The highest BCUT2D eigenvalue weighted by Gasteiger charge is 2.47. The number of halogens is 1. The number of carbonyl (C=O) groups is 3. The molecule has 3 atom stereocenters. The number of rotatable bonds is 13. The van der Waals surface area contributed by atoms with E-state index in [9.17, 15) is 14.4 Å². The molecule has 4 amide bonds. The van der Waals surface area contributed by atoms with Crippen LogP contribution in [0.3, 0.4) is 0 Å². The summed E-state index contributed by atoms with van der Waals surface area (Å²) in [5, 5.41) is 5.64. The van der Waals surface area contributed by atoms with Crippen molar-refractivity contribution in [2.24, 2.45) is 0 Å². The molecule has 40 heavy (non-hydrogen) atoms. The molecule has 0 radical (unpaired) electrons. The summed E-state index contributed by atoms with van der Waals surface area (Å²) < 4.78 is 17.0. The highest BCUT2D eigenvalue weighted by molar-refractivity contribution is 14.1. The van der Waals surface area contributed by atoms with Gasteiger partial charge in [-0.25, -0.2) is 9.69 Å². The predicted octanol–water partition coefficient (Wildman–Crippen LogP) is 4.74. The Morgan fingerprint density at radius 3 is 2.30 bits per heavy atom. The van der Waals surface area contributed by atoms with Crippen LogP contribution in [0.5, 0.6) is 5.75 Å². The van der Waals surface area contributed by atoms with Crippen LogP contribution in [0.25, 0.3) is 0 Å². The molecule has 1 aliphatic heterocycles. The Kier molecular flexibility index (Phi) is 10.5. The SMILES string of the molecule is COCCOCCOc1ccc([C@H]2NC(=O)N([C@H](C(=O)Nc3ccc(I)cc3)[C@@H](C)c3ccccc3)C2=O)cc1. The summed E-state index contributed by atoms with van der Waals surface area (Å²) in [6.45, 7) is 3.64. The molecule has 2 N–H and O–H groups in total. The zero-order valence-corrected chi connectivity index (χ0v) is 24.5. The largest absolute Gasteiger partial charge is 0.491 e. The number of benzene rings is 3. The van der Waals surface area contributed by atoms with E-state index >= 15 is 0 Å². The molecule has 1 saturated heterocycles. The van der Waals surface area contributed by atoms with Gasteiger partial charge in [-0.1, -0.05) is 49.4 Å². The fraction of sp³-hybridized carbons (Fsp3) is 0.300. The molecule has 9 nitrogen and oxygen atoms in total. The summed E-state index contributed by atoms with van der Waals surface area (Å²) in [5.41, 5.74) is 2.01. The van der Waals surface area contributed by atoms with Gasteiger partial charge >= 0.3 is 6.03 Å². The lowest BCUT2D eigenvalue weighted by Crippen LogP contribution is -2.50. The van der Waals surface area contributed by atoms with Gasteiger partial charge in [0.05, 0.1) is 19.8 Å². The molecule has 3 aromatic carbocycles. The smallest absolute Gasteiger partial charge is 0.325 e. The number of nitrogens with one attached hydrogen (secondary N) is 2. The van der Waals surface area contributed by atoms with E-state index in [2.05, 4.69) is 33.2 Å². The summed E-state index contributed by atoms with van der Waals surface area (Å²) in [4.78, 5) is 41.6. The number of carbonyl (C=O) groups excluding carboxylic acids is 3. The third-order valence-corrected chi connectivity index (χ3v) is 7.29. The van der Waals surface area contributed by atoms with Crippen molar-refractivity contribution in [2.45, 2.75) is 24.9 Å². The van der Waals surface area contributed by atoms with Gasteiger partial charge in [-0.15, -0.1) is 0 Å². The summed E-state index contributed by atoms with van der Waals surface area (Å²) in [6, 6.07) is 21.0. The van der Waals surface area contributed by atoms with Crippen LogP contribution in [0.1, 0.15) is 30.0 Å². The first-order chi connectivity index (χ1) is 19.4. The van der Waals surface area contributed by atoms with E-state index in [1.807, 2.05) is 49.4 Å². The molecule has 3 aromatic rings. The van der Waals surface area contributed by atoms with Gasteiger partial charge in [-0.3, -0.25) is 9.59 Å². The first-order valence-corrected chi connectivity index (χ1v) is 14.0. The van der Waals surface area contributed by atoms with Gasteiger partial charge in [-0.2, -0.15) is 0 Å². The normalized spacial score (nSPS) is 16.4. The minimum Gasteiger partial charge on any atom is -0.491 e. The quantitative estimate of drug-likeness (QED) is 0.156. The number of nitrogens with zero attached hydrogens (tertiary/aromatic N) is 1. The number of hydrogen-bond donors (Lipinski definition) is 2. The molecule has 0 unspecified atom stereocenters. The van der Waals surface area contributed by atoms with Crippen LogP contribution < -0.4 is 15.4 Å². The fourth-order valence-electron chi connectivity index (χ4n) is 4.46. The van der Waals surface area contributed by atoms with Crippen LogP contribution in [-0.4, -0.2) is 62.3 Å². The third-order valence-electron chi connectivity index (χ3n) is 6.57. The summed E-state index contributed by atoms with van der Waals surface area (Å²) in [7, 11) is 1.61. The highest BCUT2D eigenvalue weighted by Crippen LogP contribution is 2.31. The maximum Gasteiger partial charge on any atom is 0.325 e. The molecule has 0 saturated carbocycles. The molecular weight excluding hydrogens is 625 g/mol. The maximum atomic E-state index is 13.7. The standard InChI is InChI=1S/C30H32IN3O6/c1-20(21-6-4-3-5-7-21)27(28(35)32-24-12-10-23(31)11-13-24)34-29(36)26(33-30(34)37)22-8-14-25(15-9-22)40-19-18-39-17-16-38-2/h3-15,20,26-27H,16-19H2,1-2H3,(H,32,35)(H,33,37)/t20-,26+,27-/m0/s1. The van der Waals surface area contributed by atoms with E-state index < -0.39 is 35.8 Å². The number of imide groups is 1. The topological polar surface area (TPSA) is 106 Å². The van der Waals surface area contributed by atoms with Crippen LogP contribution in [0, 0.1) is 3.57 Å². The number of ether oxygens (including phenoxy) is 3. The van der Waals surface area contributed by atoms with Gasteiger partial charge in [0.25, 0.3) is 5.91 Å². The average molecular weight is 658 g/mol. The van der Waals surface area contributed by atoms with Crippen LogP contribution in [0.2, 0.25) is 0 Å². The summed E-state index contributed by atoms with van der Waals surface area (Å²) in [6.07, 6.45) is 0. The molecule has 0 aliphatic carbocycles. The molecule has 1 aliphatic rings. The Hall–Kier alpha value is -3.48. The monoisotopic (exact) mass is 657 g/mol. The lowest BCUT2D eigenvalue weighted by molar-refractivity contribution is -0.134.